The van der Waals surface area contributed by atoms with E-state index in [9.17, 15) is 19.7 Å². The van der Waals surface area contributed by atoms with E-state index in [1.54, 1.807) is 4.90 Å². The van der Waals surface area contributed by atoms with Gasteiger partial charge in [0.05, 0.1) is 10.5 Å². The first kappa shape index (κ1) is 16.6. The summed E-state index contributed by atoms with van der Waals surface area (Å²) in [6.07, 6.45) is 1.27. The Bertz CT molecular complexity index is 834. The molecule has 2 aromatic rings. The van der Waals surface area contributed by atoms with E-state index in [1.165, 1.54) is 17.7 Å². The highest BCUT2D eigenvalue weighted by Gasteiger charge is 2.21. The van der Waals surface area contributed by atoms with Crippen molar-refractivity contribution in [3.8, 4) is 5.75 Å². The second-order valence-corrected chi connectivity index (χ2v) is 5.72. The summed E-state index contributed by atoms with van der Waals surface area (Å²) < 4.78 is 5.42. The van der Waals surface area contributed by atoms with Crippen molar-refractivity contribution in [3.05, 3.63) is 69.3 Å². The van der Waals surface area contributed by atoms with Crippen molar-refractivity contribution in [2.24, 2.45) is 0 Å². The molecule has 0 unspecified atom stereocenters. The Hall–Kier alpha value is -3.22. The molecule has 1 heterocycles. The number of nitro groups is 1. The summed E-state index contributed by atoms with van der Waals surface area (Å²) in [7, 11) is 0. The maximum Gasteiger partial charge on any atom is 0.270 e. The summed E-state index contributed by atoms with van der Waals surface area (Å²) in [5, 5.41) is 10.7. The maximum atomic E-state index is 12.4. The van der Waals surface area contributed by atoms with Gasteiger partial charge in [-0.25, -0.2) is 0 Å². The normalized spacial score (nSPS) is 13.0. The Morgan fingerprint density at radius 1 is 1.24 bits per heavy atom. The van der Waals surface area contributed by atoms with Crippen molar-refractivity contribution in [1.82, 2.24) is 4.90 Å². The second-order valence-electron chi connectivity index (χ2n) is 5.72. The Kier molecular flexibility index (Phi) is 4.74. The predicted molar refractivity (Wildman–Crippen MR) is 89.5 cm³/mol. The van der Waals surface area contributed by atoms with E-state index in [1.807, 2.05) is 18.2 Å². The van der Waals surface area contributed by atoms with Gasteiger partial charge in [0, 0.05) is 25.2 Å². The standard InChI is InChI=1S/C18H16N2O5/c21-11-15-9-16(20(23)24)5-6-17(15)25-12-18(22)19-8-7-13-3-1-2-4-14(13)10-19/h1-6,9,11H,7-8,10,12H2. The van der Waals surface area contributed by atoms with E-state index >= 15 is 0 Å². The van der Waals surface area contributed by atoms with Crippen molar-refractivity contribution in [1.29, 1.82) is 0 Å². The number of aldehydes is 1. The fourth-order valence-corrected chi connectivity index (χ4v) is 2.81. The molecule has 0 atom stereocenters. The van der Waals surface area contributed by atoms with Crippen LogP contribution < -0.4 is 4.74 Å². The van der Waals surface area contributed by atoms with E-state index in [2.05, 4.69) is 6.07 Å². The van der Waals surface area contributed by atoms with Gasteiger partial charge in [-0.15, -0.1) is 0 Å². The lowest BCUT2D eigenvalue weighted by atomic mass is 10.00. The molecule has 2 aromatic carbocycles. The molecule has 0 fully saturated rings. The van der Waals surface area contributed by atoms with Crippen LogP contribution in [-0.2, 0) is 17.8 Å². The molecule has 0 saturated carbocycles. The Balaban J connectivity index is 1.65. The number of benzene rings is 2. The van der Waals surface area contributed by atoms with Crippen LogP contribution in [0.15, 0.2) is 42.5 Å². The van der Waals surface area contributed by atoms with Gasteiger partial charge in [-0.1, -0.05) is 24.3 Å². The number of carbonyl (C=O) groups is 2. The minimum atomic E-state index is -0.590. The zero-order chi connectivity index (χ0) is 17.8. The van der Waals surface area contributed by atoms with Gasteiger partial charge in [-0.2, -0.15) is 0 Å². The van der Waals surface area contributed by atoms with Crippen LogP contribution in [0, 0.1) is 10.1 Å². The topological polar surface area (TPSA) is 89.7 Å². The van der Waals surface area contributed by atoms with E-state index in [0.29, 0.717) is 19.4 Å². The number of ether oxygens (including phenoxy) is 1. The molecule has 128 valence electrons. The number of nitrogens with zero attached hydrogens (tertiary/aromatic N) is 2. The highest BCUT2D eigenvalue weighted by Crippen LogP contribution is 2.23. The quantitative estimate of drug-likeness (QED) is 0.473. The number of nitro benzene ring substituents is 1. The van der Waals surface area contributed by atoms with Crippen molar-refractivity contribution >= 4 is 17.9 Å². The van der Waals surface area contributed by atoms with Crippen LogP contribution in [0.1, 0.15) is 21.5 Å². The lowest BCUT2D eigenvalue weighted by Crippen LogP contribution is -2.38. The number of amides is 1. The molecule has 1 amide bonds. The van der Waals surface area contributed by atoms with Crippen molar-refractivity contribution in [2.75, 3.05) is 13.2 Å². The minimum absolute atomic E-state index is 0.0472. The molecule has 1 aliphatic heterocycles. The molecule has 0 bridgehead atoms. The zero-order valence-electron chi connectivity index (χ0n) is 13.4. The third kappa shape index (κ3) is 3.65. The van der Waals surface area contributed by atoms with E-state index in [-0.39, 0.29) is 29.5 Å². The van der Waals surface area contributed by atoms with Crippen LogP contribution in [0.5, 0.6) is 5.75 Å². The summed E-state index contributed by atoms with van der Waals surface area (Å²) in [6, 6.07) is 11.7. The molecule has 0 saturated heterocycles. The number of carbonyl (C=O) groups excluding carboxylic acids is 2. The first-order chi connectivity index (χ1) is 12.1. The van der Waals surface area contributed by atoms with Crippen LogP contribution in [0.4, 0.5) is 5.69 Å². The van der Waals surface area contributed by atoms with E-state index in [0.717, 1.165) is 18.1 Å². The van der Waals surface area contributed by atoms with Gasteiger partial charge in [0.2, 0.25) is 0 Å². The van der Waals surface area contributed by atoms with E-state index in [4.69, 9.17) is 4.74 Å². The third-order valence-corrected chi connectivity index (χ3v) is 4.17. The molecule has 7 heteroatoms. The minimum Gasteiger partial charge on any atom is -0.483 e. The molecule has 0 N–H and O–H groups in total. The molecule has 0 aromatic heterocycles. The van der Waals surface area contributed by atoms with Crippen LogP contribution in [-0.4, -0.2) is 35.2 Å². The molecule has 0 radical (unpaired) electrons. The highest BCUT2D eigenvalue weighted by atomic mass is 16.6. The Morgan fingerprint density at radius 2 is 2.00 bits per heavy atom. The van der Waals surface area contributed by atoms with Gasteiger partial charge in [0.25, 0.3) is 11.6 Å². The number of non-ortho nitro benzene ring substituents is 1. The second kappa shape index (κ2) is 7.12. The lowest BCUT2D eigenvalue weighted by Gasteiger charge is -2.28. The van der Waals surface area contributed by atoms with E-state index < -0.39 is 4.92 Å². The molecule has 1 aliphatic rings. The fraction of sp³-hybridized carbons (Fsp3) is 0.222. The maximum absolute atomic E-state index is 12.4. The lowest BCUT2D eigenvalue weighted by molar-refractivity contribution is -0.384. The summed E-state index contributed by atoms with van der Waals surface area (Å²) in [4.78, 5) is 35.3. The summed E-state index contributed by atoms with van der Waals surface area (Å²) in [5.74, 6) is -0.0314. The molecular weight excluding hydrogens is 324 g/mol. The van der Waals surface area contributed by atoms with Gasteiger partial charge >= 0.3 is 0 Å². The van der Waals surface area contributed by atoms with Gasteiger partial charge in [0.1, 0.15) is 5.75 Å². The molecular formula is C18H16N2O5. The van der Waals surface area contributed by atoms with Gasteiger partial charge < -0.3 is 9.64 Å². The first-order valence-corrected chi connectivity index (χ1v) is 7.79. The summed E-state index contributed by atoms with van der Waals surface area (Å²) in [5.41, 5.74) is 2.21. The molecule has 3 rings (SSSR count). The molecule has 0 spiro atoms. The highest BCUT2D eigenvalue weighted by molar-refractivity contribution is 5.82. The molecule has 7 nitrogen and oxygen atoms in total. The van der Waals surface area contributed by atoms with Crippen LogP contribution in [0.25, 0.3) is 0 Å². The van der Waals surface area contributed by atoms with Crippen LogP contribution in [0.2, 0.25) is 0 Å². The van der Waals surface area contributed by atoms with Crippen molar-refractivity contribution in [3.63, 3.8) is 0 Å². The third-order valence-electron chi connectivity index (χ3n) is 4.17. The average Bonchev–Trinajstić information content (AvgIpc) is 2.65. The Morgan fingerprint density at radius 3 is 2.72 bits per heavy atom. The number of hydrogen-bond acceptors (Lipinski definition) is 5. The van der Waals surface area contributed by atoms with Crippen LogP contribution >= 0.6 is 0 Å². The number of rotatable bonds is 5. The van der Waals surface area contributed by atoms with Gasteiger partial charge in [-0.05, 0) is 23.6 Å². The summed E-state index contributed by atoms with van der Waals surface area (Å²) >= 11 is 0. The molecule has 0 aliphatic carbocycles. The SMILES string of the molecule is O=Cc1cc([N+](=O)[O-])ccc1OCC(=O)N1CCc2ccccc2C1. The predicted octanol–water partition coefficient (Wildman–Crippen LogP) is 2.37. The van der Waals surface area contributed by atoms with Crippen molar-refractivity contribution < 1.29 is 19.2 Å². The first-order valence-electron chi connectivity index (χ1n) is 7.79. The van der Waals surface area contributed by atoms with Gasteiger partial charge in [-0.3, -0.25) is 19.7 Å². The van der Waals surface area contributed by atoms with Crippen LogP contribution in [0.3, 0.4) is 0 Å². The van der Waals surface area contributed by atoms with Crippen molar-refractivity contribution in [2.45, 2.75) is 13.0 Å². The Labute approximate surface area is 144 Å². The largest absolute Gasteiger partial charge is 0.483 e. The molecule has 25 heavy (non-hydrogen) atoms. The smallest absolute Gasteiger partial charge is 0.270 e. The fourth-order valence-electron chi connectivity index (χ4n) is 2.81. The monoisotopic (exact) mass is 340 g/mol. The zero-order valence-corrected chi connectivity index (χ0v) is 13.4. The average molecular weight is 340 g/mol. The number of hydrogen-bond donors (Lipinski definition) is 0. The number of fused-ring (bicyclic) bond motifs is 1. The summed E-state index contributed by atoms with van der Waals surface area (Å²) in [6.45, 7) is 0.917. The van der Waals surface area contributed by atoms with Gasteiger partial charge in [0.15, 0.2) is 12.9 Å².